The van der Waals surface area contributed by atoms with Gasteiger partial charge < -0.3 is 19.7 Å². The highest BCUT2D eigenvalue weighted by Crippen LogP contribution is 2.26. The van der Waals surface area contributed by atoms with Crippen molar-refractivity contribution in [3.63, 3.8) is 0 Å². The number of hydrogen-bond donors (Lipinski definition) is 2. The van der Waals surface area contributed by atoms with Crippen LogP contribution >= 0.6 is 11.3 Å². The zero-order valence-electron chi connectivity index (χ0n) is 14.9. The number of aliphatic carboxylic acids is 1. The largest absolute Gasteiger partial charge is 0.480 e. The topological polar surface area (TPSA) is 113 Å². The average molecular weight is 379 g/mol. The maximum absolute atomic E-state index is 12.5. The standard InChI is InChI=1S/C17H21N3O5S/c1-8-9(2)26-16-14(8)15(22)18-12(19-16)4-5-13(21)20-7-10(25-3)6-11(20)17(23)24/h10-11H,4-7H2,1-3H3,(H,23,24)(H,18,19,22). The number of methoxy groups -OCH3 is 1. The molecular formula is C17H21N3O5S. The Bertz CT molecular complexity index is 919. The number of carbonyl (C=O) groups excluding carboxylic acids is 1. The van der Waals surface area contributed by atoms with Gasteiger partial charge in [-0.05, 0) is 19.4 Å². The van der Waals surface area contributed by atoms with E-state index < -0.39 is 12.0 Å². The zero-order valence-corrected chi connectivity index (χ0v) is 15.7. The van der Waals surface area contributed by atoms with Crippen LogP contribution in [-0.4, -0.2) is 57.7 Å². The molecule has 26 heavy (non-hydrogen) atoms. The van der Waals surface area contributed by atoms with Crippen LogP contribution in [0.15, 0.2) is 4.79 Å². The normalized spacial score (nSPS) is 20.0. The molecule has 3 rings (SSSR count). The van der Waals surface area contributed by atoms with E-state index in [1.54, 1.807) is 0 Å². The van der Waals surface area contributed by atoms with Crippen LogP contribution in [0.2, 0.25) is 0 Å². The third kappa shape index (κ3) is 3.36. The quantitative estimate of drug-likeness (QED) is 0.808. The van der Waals surface area contributed by atoms with E-state index in [-0.39, 0.29) is 43.4 Å². The third-order valence-corrected chi connectivity index (χ3v) is 5.97. The van der Waals surface area contributed by atoms with Gasteiger partial charge in [-0.3, -0.25) is 9.59 Å². The highest BCUT2D eigenvalue weighted by atomic mass is 32.1. The van der Waals surface area contributed by atoms with Crippen LogP contribution in [0, 0.1) is 13.8 Å². The molecule has 9 heteroatoms. The summed E-state index contributed by atoms with van der Waals surface area (Å²) in [6, 6.07) is -0.871. The van der Waals surface area contributed by atoms with Gasteiger partial charge in [0.25, 0.3) is 5.56 Å². The molecule has 2 aromatic rings. The molecule has 1 saturated heterocycles. The number of nitrogens with one attached hydrogen (secondary N) is 1. The number of carboxylic acids is 1. The summed E-state index contributed by atoms with van der Waals surface area (Å²) in [5.74, 6) is -0.875. The summed E-state index contributed by atoms with van der Waals surface area (Å²) >= 11 is 1.45. The molecule has 1 aliphatic rings. The van der Waals surface area contributed by atoms with Crippen LogP contribution < -0.4 is 5.56 Å². The molecule has 3 heterocycles. The molecule has 0 saturated carbocycles. The van der Waals surface area contributed by atoms with Crippen molar-refractivity contribution in [1.82, 2.24) is 14.9 Å². The molecule has 2 unspecified atom stereocenters. The number of likely N-dealkylation sites (tertiary alicyclic amines) is 1. The van der Waals surface area contributed by atoms with Gasteiger partial charge in [-0.1, -0.05) is 0 Å². The number of thiophene rings is 1. The molecule has 2 aromatic heterocycles. The van der Waals surface area contributed by atoms with Crippen LogP contribution in [0.1, 0.15) is 29.1 Å². The Morgan fingerprint density at radius 1 is 1.42 bits per heavy atom. The van der Waals surface area contributed by atoms with Crippen molar-refractivity contribution in [3.8, 4) is 0 Å². The minimum Gasteiger partial charge on any atom is -0.480 e. The lowest BCUT2D eigenvalue weighted by atomic mass is 10.2. The molecule has 8 nitrogen and oxygen atoms in total. The molecule has 140 valence electrons. The van der Waals surface area contributed by atoms with Gasteiger partial charge in [0.05, 0.1) is 11.5 Å². The number of hydrogen-bond acceptors (Lipinski definition) is 6. The third-order valence-electron chi connectivity index (χ3n) is 4.87. The lowest BCUT2D eigenvalue weighted by molar-refractivity contribution is -0.148. The van der Waals surface area contributed by atoms with Gasteiger partial charge in [-0.15, -0.1) is 11.3 Å². The fourth-order valence-electron chi connectivity index (χ4n) is 3.26. The monoisotopic (exact) mass is 379 g/mol. The highest BCUT2D eigenvalue weighted by molar-refractivity contribution is 7.18. The van der Waals surface area contributed by atoms with E-state index in [0.29, 0.717) is 16.0 Å². The lowest BCUT2D eigenvalue weighted by Crippen LogP contribution is -2.40. The Morgan fingerprint density at radius 3 is 2.81 bits per heavy atom. The van der Waals surface area contributed by atoms with Crippen molar-refractivity contribution in [3.05, 3.63) is 26.6 Å². The summed E-state index contributed by atoms with van der Waals surface area (Å²) in [6.07, 6.45) is 0.344. The number of aryl methyl sites for hydroxylation is 3. The molecule has 0 spiro atoms. The van der Waals surface area contributed by atoms with Gasteiger partial charge in [0.2, 0.25) is 5.91 Å². The van der Waals surface area contributed by atoms with E-state index in [4.69, 9.17) is 4.74 Å². The summed E-state index contributed by atoms with van der Waals surface area (Å²) < 4.78 is 5.20. The summed E-state index contributed by atoms with van der Waals surface area (Å²) in [5.41, 5.74) is 0.719. The second kappa shape index (κ2) is 7.16. The first-order valence-corrected chi connectivity index (χ1v) is 9.17. The smallest absolute Gasteiger partial charge is 0.326 e. The minimum absolute atomic E-state index is 0.0813. The number of H-pyrrole nitrogens is 1. The van der Waals surface area contributed by atoms with Gasteiger partial charge in [0, 0.05) is 37.8 Å². The minimum atomic E-state index is -1.03. The number of aromatic amines is 1. The van der Waals surface area contributed by atoms with E-state index in [9.17, 15) is 19.5 Å². The number of amides is 1. The summed E-state index contributed by atoms with van der Waals surface area (Å²) in [5, 5.41) is 9.90. The fourth-order valence-corrected chi connectivity index (χ4v) is 4.31. The van der Waals surface area contributed by atoms with Gasteiger partial charge in [-0.2, -0.15) is 0 Å². The van der Waals surface area contributed by atoms with E-state index >= 15 is 0 Å². The van der Waals surface area contributed by atoms with Crippen molar-refractivity contribution in [1.29, 1.82) is 0 Å². The maximum atomic E-state index is 12.5. The fraction of sp³-hybridized carbons (Fsp3) is 0.529. The Hall–Kier alpha value is -2.26. The number of carbonyl (C=O) groups is 2. The number of ether oxygens (including phenoxy) is 1. The highest BCUT2D eigenvalue weighted by Gasteiger charge is 2.39. The maximum Gasteiger partial charge on any atom is 0.326 e. The van der Waals surface area contributed by atoms with Crippen LogP contribution in [-0.2, 0) is 20.7 Å². The average Bonchev–Trinajstić information content (AvgIpc) is 3.15. The summed E-state index contributed by atoms with van der Waals surface area (Å²) in [4.78, 5) is 46.4. The van der Waals surface area contributed by atoms with Gasteiger partial charge in [-0.25, -0.2) is 9.78 Å². The van der Waals surface area contributed by atoms with Crippen molar-refractivity contribution < 1.29 is 19.4 Å². The molecule has 0 radical (unpaired) electrons. The van der Waals surface area contributed by atoms with Crippen LogP contribution in [0.4, 0.5) is 0 Å². The van der Waals surface area contributed by atoms with E-state index in [1.165, 1.54) is 23.3 Å². The van der Waals surface area contributed by atoms with E-state index in [0.717, 1.165) is 10.4 Å². The molecule has 0 aliphatic carbocycles. The number of fused-ring (bicyclic) bond motifs is 1. The van der Waals surface area contributed by atoms with E-state index in [2.05, 4.69) is 9.97 Å². The molecule has 1 aliphatic heterocycles. The van der Waals surface area contributed by atoms with Crippen molar-refractivity contribution >= 4 is 33.4 Å². The second-order valence-corrected chi connectivity index (χ2v) is 7.67. The predicted octanol–water partition coefficient (Wildman–Crippen LogP) is 1.23. The molecule has 1 amide bonds. The number of aromatic nitrogens is 2. The van der Waals surface area contributed by atoms with Crippen LogP contribution in [0.25, 0.3) is 10.2 Å². The molecule has 2 atom stereocenters. The van der Waals surface area contributed by atoms with Crippen molar-refractivity contribution in [2.75, 3.05) is 13.7 Å². The second-order valence-electron chi connectivity index (χ2n) is 6.47. The van der Waals surface area contributed by atoms with Gasteiger partial charge >= 0.3 is 5.97 Å². The molecular weight excluding hydrogens is 358 g/mol. The molecule has 0 aromatic carbocycles. The van der Waals surface area contributed by atoms with E-state index in [1.807, 2.05) is 13.8 Å². The van der Waals surface area contributed by atoms with Crippen molar-refractivity contribution in [2.24, 2.45) is 0 Å². The first-order valence-electron chi connectivity index (χ1n) is 8.35. The van der Waals surface area contributed by atoms with Crippen LogP contribution in [0.3, 0.4) is 0 Å². The molecule has 2 N–H and O–H groups in total. The molecule has 1 fully saturated rings. The summed E-state index contributed by atoms with van der Waals surface area (Å²) in [7, 11) is 1.51. The first kappa shape index (κ1) is 18.5. The predicted molar refractivity (Wildman–Crippen MR) is 96.6 cm³/mol. The van der Waals surface area contributed by atoms with Crippen molar-refractivity contribution in [2.45, 2.75) is 45.3 Å². The number of nitrogens with zero attached hydrogens (tertiary/aromatic N) is 2. The number of rotatable bonds is 5. The van der Waals surface area contributed by atoms with Gasteiger partial charge in [0.1, 0.15) is 16.7 Å². The molecule has 0 bridgehead atoms. The van der Waals surface area contributed by atoms with Crippen LogP contribution in [0.5, 0.6) is 0 Å². The van der Waals surface area contributed by atoms with Gasteiger partial charge in [0.15, 0.2) is 0 Å². The summed E-state index contributed by atoms with van der Waals surface area (Å²) in [6.45, 7) is 4.09. The Balaban J connectivity index is 1.74. The first-order chi connectivity index (χ1) is 12.3. The Morgan fingerprint density at radius 2 is 2.15 bits per heavy atom. The Kier molecular flexibility index (Phi) is 5.10. The lowest BCUT2D eigenvalue weighted by Gasteiger charge is -2.21. The SMILES string of the molecule is COC1CC(C(=O)O)N(C(=O)CCc2nc3sc(C)c(C)c3c(=O)[nH]2)C1. The Labute approximate surface area is 153 Å². The zero-order chi connectivity index (χ0) is 19.0. The number of carboxylic acid groups (broad SMARTS) is 1.